The third-order valence-corrected chi connectivity index (χ3v) is 3.52. The largest absolute Gasteiger partial charge is 0.347 e. The van der Waals surface area contributed by atoms with Crippen LogP contribution in [0, 0.1) is 0 Å². The number of amides is 1. The Morgan fingerprint density at radius 2 is 2.30 bits per heavy atom. The molecule has 0 aromatic carbocycles. The molecule has 0 bridgehead atoms. The molecule has 104 valence electrons. The Bertz CT molecular complexity index is 640. The van der Waals surface area contributed by atoms with Gasteiger partial charge in [-0.3, -0.25) is 4.79 Å². The molecule has 1 unspecified atom stereocenters. The highest BCUT2D eigenvalue weighted by molar-refractivity contribution is 5.86. The molecule has 0 radical (unpaired) electrons. The van der Waals surface area contributed by atoms with Crippen LogP contribution in [0.2, 0.25) is 0 Å². The molecule has 2 aromatic heterocycles. The van der Waals surface area contributed by atoms with E-state index in [0.29, 0.717) is 13.0 Å². The van der Waals surface area contributed by atoms with Crippen molar-refractivity contribution in [2.24, 2.45) is 0 Å². The van der Waals surface area contributed by atoms with Gasteiger partial charge in [-0.15, -0.1) is 0 Å². The SMILES string of the molecule is CN(C)C(=O)C1CC(c2cc3cncnc3[nH]2)=CCN1. The molecular formula is C14H17N5O. The van der Waals surface area contributed by atoms with E-state index in [4.69, 9.17) is 0 Å². The normalized spacial score (nSPS) is 18.9. The number of aromatic nitrogens is 3. The molecule has 2 aromatic rings. The molecule has 0 fully saturated rings. The summed E-state index contributed by atoms with van der Waals surface area (Å²) in [5, 5.41) is 4.21. The number of hydrogen-bond donors (Lipinski definition) is 2. The highest BCUT2D eigenvalue weighted by Gasteiger charge is 2.24. The van der Waals surface area contributed by atoms with Crippen LogP contribution in [0.5, 0.6) is 0 Å². The monoisotopic (exact) mass is 271 g/mol. The highest BCUT2D eigenvalue weighted by Crippen LogP contribution is 2.24. The molecule has 3 rings (SSSR count). The summed E-state index contributed by atoms with van der Waals surface area (Å²) >= 11 is 0. The molecule has 1 aliphatic heterocycles. The van der Waals surface area contributed by atoms with Crippen molar-refractivity contribution in [2.45, 2.75) is 12.5 Å². The summed E-state index contributed by atoms with van der Waals surface area (Å²) in [5.41, 5.74) is 2.98. The third kappa shape index (κ3) is 2.30. The summed E-state index contributed by atoms with van der Waals surface area (Å²) in [6.45, 7) is 0.695. The van der Waals surface area contributed by atoms with Crippen molar-refractivity contribution in [3.05, 3.63) is 30.4 Å². The number of hydrogen-bond acceptors (Lipinski definition) is 4. The zero-order valence-corrected chi connectivity index (χ0v) is 11.6. The molecule has 0 spiro atoms. The second-order valence-corrected chi connectivity index (χ2v) is 5.14. The molecule has 0 saturated carbocycles. The predicted molar refractivity (Wildman–Crippen MR) is 77.0 cm³/mol. The van der Waals surface area contributed by atoms with Crippen molar-refractivity contribution in [3.8, 4) is 0 Å². The number of fused-ring (bicyclic) bond motifs is 1. The number of aromatic amines is 1. The summed E-state index contributed by atoms with van der Waals surface area (Å²) < 4.78 is 0. The molecule has 6 heteroatoms. The van der Waals surface area contributed by atoms with Gasteiger partial charge in [0.05, 0.1) is 6.04 Å². The lowest BCUT2D eigenvalue weighted by atomic mass is 9.98. The number of likely N-dealkylation sites (N-methyl/N-ethyl adjacent to an activating group) is 1. The lowest BCUT2D eigenvalue weighted by molar-refractivity contribution is -0.130. The summed E-state index contributed by atoms with van der Waals surface area (Å²) in [7, 11) is 3.56. The topological polar surface area (TPSA) is 73.9 Å². The van der Waals surface area contributed by atoms with Gasteiger partial charge in [0.1, 0.15) is 12.0 Å². The average Bonchev–Trinajstić information content (AvgIpc) is 2.90. The van der Waals surface area contributed by atoms with Crippen LogP contribution < -0.4 is 5.32 Å². The molecule has 6 nitrogen and oxygen atoms in total. The number of carbonyl (C=O) groups is 1. The molecule has 2 N–H and O–H groups in total. The van der Waals surface area contributed by atoms with E-state index < -0.39 is 0 Å². The molecule has 1 atom stereocenters. The number of nitrogens with zero attached hydrogens (tertiary/aromatic N) is 3. The fourth-order valence-corrected chi connectivity index (χ4v) is 2.45. The van der Waals surface area contributed by atoms with Gasteiger partial charge in [-0.25, -0.2) is 9.97 Å². The Morgan fingerprint density at radius 1 is 1.45 bits per heavy atom. The smallest absolute Gasteiger partial charge is 0.239 e. The maximum absolute atomic E-state index is 12.1. The Kier molecular flexibility index (Phi) is 3.23. The number of carbonyl (C=O) groups excluding carboxylic acids is 1. The first-order valence-corrected chi connectivity index (χ1v) is 6.58. The van der Waals surface area contributed by atoms with Gasteiger partial charge in [-0.1, -0.05) is 6.08 Å². The number of H-pyrrole nitrogens is 1. The van der Waals surface area contributed by atoms with E-state index in [2.05, 4.69) is 26.3 Å². The van der Waals surface area contributed by atoms with E-state index in [9.17, 15) is 4.79 Å². The Labute approximate surface area is 116 Å². The first-order chi connectivity index (χ1) is 9.65. The van der Waals surface area contributed by atoms with Crippen LogP contribution >= 0.6 is 0 Å². The predicted octanol–water partition coefficient (Wildman–Crippen LogP) is 0.791. The first-order valence-electron chi connectivity index (χ1n) is 6.58. The summed E-state index contributed by atoms with van der Waals surface area (Å²) in [5.74, 6) is 0.103. The van der Waals surface area contributed by atoms with Crippen LogP contribution in [0.3, 0.4) is 0 Å². The molecule has 3 heterocycles. The van der Waals surface area contributed by atoms with Gasteiger partial charge in [0.15, 0.2) is 0 Å². The van der Waals surface area contributed by atoms with Crippen LogP contribution in [0.25, 0.3) is 16.6 Å². The minimum absolute atomic E-state index is 0.103. The Morgan fingerprint density at radius 3 is 3.05 bits per heavy atom. The maximum Gasteiger partial charge on any atom is 0.239 e. The Balaban J connectivity index is 1.86. The van der Waals surface area contributed by atoms with Gasteiger partial charge in [0.25, 0.3) is 0 Å². The van der Waals surface area contributed by atoms with Crippen LogP contribution in [0.1, 0.15) is 12.1 Å². The quantitative estimate of drug-likeness (QED) is 0.847. The van der Waals surface area contributed by atoms with Crippen molar-refractivity contribution in [1.82, 2.24) is 25.2 Å². The van der Waals surface area contributed by atoms with E-state index in [1.54, 1.807) is 25.2 Å². The van der Waals surface area contributed by atoms with Crippen molar-refractivity contribution in [3.63, 3.8) is 0 Å². The highest BCUT2D eigenvalue weighted by atomic mass is 16.2. The first kappa shape index (κ1) is 12.8. The summed E-state index contributed by atoms with van der Waals surface area (Å²) in [6, 6.07) is 1.87. The van der Waals surface area contributed by atoms with Gasteiger partial charge in [-0.2, -0.15) is 0 Å². The number of rotatable bonds is 2. The standard InChI is InChI=1S/C14H17N5O/c1-19(2)14(20)12-5-9(3-4-16-12)11-6-10-7-15-8-17-13(10)18-11/h3,6-8,12,16H,4-5H2,1-2H3,(H,15,17,18). The zero-order chi connectivity index (χ0) is 14.1. The van der Waals surface area contributed by atoms with Gasteiger partial charge in [-0.05, 0) is 18.1 Å². The van der Waals surface area contributed by atoms with Crippen LogP contribution in [0.4, 0.5) is 0 Å². The minimum atomic E-state index is -0.164. The van der Waals surface area contributed by atoms with E-state index >= 15 is 0 Å². The van der Waals surface area contributed by atoms with E-state index in [1.165, 1.54) is 6.33 Å². The Hall–Kier alpha value is -2.21. The van der Waals surface area contributed by atoms with Gasteiger partial charge >= 0.3 is 0 Å². The fraction of sp³-hybridized carbons (Fsp3) is 0.357. The van der Waals surface area contributed by atoms with Crippen LogP contribution in [-0.2, 0) is 4.79 Å². The molecular weight excluding hydrogens is 254 g/mol. The number of nitrogens with one attached hydrogen (secondary N) is 2. The average molecular weight is 271 g/mol. The van der Waals surface area contributed by atoms with E-state index in [-0.39, 0.29) is 11.9 Å². The van der Waals surface area contributed by atoms with Gasteiger partial charge in [0.2, 0.25) is 5.91 Å². The molecule has 1 amide bonds. The second-order valence-electron chi connectivity index (χ2n) is 5.14. The van der Waals surface area contributed by atoms with Crippen LogP contribution in [0.15, 0.2) is 24.7 Å². The van der Waals surface area contributed by atoms with Crippen molar-refractivity contribution in [2.75, 3.05) is 20.6 Å². The molecule has 1 aliphatic rings. The third-order valence-electron chi connectivity index (χ3n) is 3.52. The molecule has 0 saturated heterocycles. The zero-order valence-electron chi connectivity index (χ0n) is 11.6. The molecule has 20 heavy (non-hydrogen) atoms. The summed E-state index contributed by atoms with van der Waals surface area (Å²) in [6.07, 6.45) is 6.10. The van der Waals surface area contributed by atoms with Crippen molar-refractivity contribution < 1.29 is 4.79 Å². The van der Waals surface area contributed by atoms with E-state index in [1.807, 2.05) is 6.07 Å². The van der Waals surface area contributed by atoms with Gasteiger partial charge in [0, 0.05) is 37.9 Å². The van der Waals surface area contributed by atoms with Crippen molar-refractivity contribution >= 4 is 22.5 Å². The molecule has 0 aliphatic carbocycles. The van der Waals surface area contributed by atoms with Crippen LogP contribution in [-0.4, -0.2) is 52.4 Å². The minimum Gasteiger partial charge on any atom is -0.347 e. The van der Waals surface area contributed by atoms with E-state index in [0.717, 1.165) is 22.3 Å². The summed E-state index contributed by atoms with van der Waals surface area (Å²) in [4.78, 5) is 25.2. The lowest BCUT2D eigenvalue weighted by Gasteiger charge is -2.25. The van der Waals surface area contributed by atoms with Crippen molar-refractivity contribution in [1.29, 1.82) is 0 Å². The van der Waals surface area contributed by atoms with Gasteiger partial charge < -0.3 is 15.2 Å². The fourth-order valence-electron chi connectivity index (χ4n) is 2.45. The lowest BCUT2D eigenvalue weighted by Crippen LogP contribution is -2.45. The second kappa shape index (κ2) is 5.05. The maximum atomic E-state index is 12.1.